The second-order valence-corrected chi connectivity index (χ2v) is 5.64. The van der Waals surface area contributed by atoms with E-state index in [1.807, 2.05) is 31.2 Å². The second kappa shape index (κ2) is 9.75. The van der Waals surface area contributed by atoms with Crippen LogP contribution in [0, 0.1) is 6.92 Å². The quantitative estimate of drug-likeness (QED) is 0.705. The molecule has 1 aromatic rings. The van der Waals surface area contributed by atoms with Crippen LogP contribution in [0.4, 0.5) is 0 Å². The predicted molar refractivity (Wildman–Crippen MR) is 91.8 cm³/mol. The van der Waals surface area contributed by atoms with E-state index in [2.05, 4.69) is 5.32 Å². The smallest absolute Gasteiger partial charge is 0.300 e. The molecule has 0 radical (unpaired) electrons. The van der Waals surface area contributed by atoms with Gasteiger partial charge in [0.2, 0.25) is 5.91 Å². The summed E-state index contributed by atoms with van der Waals surface area (Å²) in [7, 11) is 1.70. The first-order valence-corrected chi connectivity index (χ1v) is 7.89. The van der Waals surface area contributed by atoms with Gasteiger partial charge in [-0.3, -0.25) is 14.4 Å². The Morgan fingerprint density at radius 1 is 1.40 bits per heavy atom. The van der Waals surface area contributed by atoms with Gasteiger partial charge in [0.05, 0.1) is 6.04 Å². The van der Waals surface area contributed by atoms with Crippen molar-refractivity contribution in [3.05, 3.63) is 35.4 Å². The molecule has 1 fully saturated rings. The third-order valence-corrected chi connectivity index (χ3v) is 3.69. The van der Waals surface area contributed by atoms with Crippen molar-refractivity contribution in [2.45, 2.75) is 26.0 Å². The third-order valence-electron chi connectivity index (χ3n) is 3.69. The van der Waals surface area contributed by atoms with Crippen LogP contribution in [-0.2, 0) is 19.1 Å². The number of aliphatic carboxylic acids is 1. The van der Waals surface area contributed by atoms with E-state index >= 15 is 0 Å². The number of nitrogens with zero attached hydrogens (tertiary/aromatic N) is 1. The molecule has 0 aliphatic carbocycles. The van der Waals surface area contributed by atoms with Gasteiger partial charge in [-0.05, 0) is 18.1 Å². The van der Waals surface area contributed by atoms with Gasteiger partial charge in [0, 0.05) is 27.1 Å². The lowest BCUT2D eigenvalue weighted by Gasteiger charge is -2.38. The number of nitrogens with two attached hydrogens (primary N) is 1. The fourth-order valence-corrected chi connectivity index (χ4v) is 2.52. The predicted octanol–water partition coefficient (Wildman–Crippen LogP) is 0.0591. The van der Waals surface area contributed by atoms with Crippen LogP contribution in [0.5, 0.6) is 0 Å². The van der Waals surface area contributed by atoms with Crippen molar-refractivity contribution in [2.24, 2.45) is 5.73 Å². The standard InChI is InChI=1S/C15H21N3O3.C2H4O2/c1-10-5-3-4-6-11(10)13-14(15(20)17-8-7-16)21-9-12(19)18(13)2;1-2(3)4/h3-6,13-14H,7-9,16H2,1-2H3,(H,17,20);1H3,(H,3,4)/t13-,14+;/m1./s1. The van der Waals surface area contributed by atoms with Crippen molar-refractivity contribution in [1.29, 1.82) is 0 Å². The van der Waals surface area contributed by atoms with E-state index in [1.54, 1.807) is 11.9 Å². The average Bonchev–Trinajstić information content (AvgIpc) is 2.55. The maximum atomic E-state index is 12.3. The zero-order valence-corrected chi connectivity index (χ0v) is 14.7. The number of carboxylic acids is 1. The summed E-state index contributed by atoms with van der Waals surface area (Å²) in [6.07, 6.45) is -0.722. The number of amides is 2. The molecule has 0 unspecified atom stereocenters. The average molecular weight is 351 g/mol. The number of morpholine rings is 1. The minimum atomic E-state index is -0.833. The van der Waals surface area contributed by atoms with Gasteiger partial charge in [0.25, 0.3) is 11.9 Å². The van der Waals surface area contributed by atoms with E-state index in [0.717, 1.165) is 18.1 Å². The van der Waals surface area contributed by atoms with Crippen molar-refractivity contribution in [2.75, 3.05) is 26.7 Å². The van der Waals surface area contributed by atoms with Crippen LogP contribution >= 0.6 is 0 Å². The van der Waals surface area contributed by atoms with Crippen LogP contribution in [0.15, 0.2) is 24.3 Å². The van der Waals surface area contributed by atoms with Gasteiger partial charge in [0.15, 0.2) is 6.10 Å². The summed E-state index contributed by atoms with van der Waals surface area (Å²) in [6.45, 7) is 3.70. The molecule has 4 N–H and O–H groups in total. The molecule has 2 rings (SSSR count). The molecule has 8 nitrogen and oxygen atoms in total. The molecule has 138 valence electrons. The SMILES string of the molecule is CC(=O)O.Cc1ccccc1[C@@H]1[C@@H](C(=O)NCCN)OCC(=O)N1C. The molecule has 1 aliphatic heterocycles. The highest BCUT2D eigenvalue weighted by molar-refractivity contribution is 5.86. The van der Waals surface area contributed by atoms with Gasteiger partial charge >= 0.3 is 0 Å². The monoisotopic (exact) mass is 351 g/mol. The maximum absolute atomic E-state index is 12.3. The van der Waals surface area contributed by atoms with Crippen LogP contribution < -0.4 is 11.1 Å². The van der Waals surface area contributed by atoms with E-state index in [4.69, 9.17) is 20.4 Å². The number of rotatable bonds is 4. The summed E-state index contributed by atoms with van der Waals surface area (Å²) in [5, 5.41) is 10.1. The van der Waals surface area contributed by atoms with E-state index in [1.165, 1.54) is 0 Å². The molecule has 0 bridgehead atoms. The Morgan fingerprint density at radius 2 is 2.00 bits per heavy atom. The van der Waals surface area contributed by atoms with Crippen molar-refractivity contribution in [3.63, 3.8) is 0 Å². The number of ether oxygens (including phenoxy) is 1. The zero-order chi connectivity index (χ0) is 19.0. The van der Waals surface area contributed by atoms with Crippen LogP contribution in [0.25, 0.3) is 0 Å². The molecule has 2 atom stereocenters. The van der Waals surface area contributed by atoms with Gasteiger partial charge in [-0.2, -0.15) is 0 Å². The summed E-state index contributed by atoms with van der Waals surface area (Å²) in [4.78, 5) is 34.8. The molecule has 2 amide bonds. The Labute approximate surface area is 146 Å². The highest BCUT2D eigenvalue weighted by atomic mass is 16.5. The lowest BCUT2D eigenvalue weighted by Crippen LogP contribution is -2.53. The lowest BCUT2D eigenvalue weighted by molar-refractivity contribution is -0.162. The van der Waals surface area contributed by atoms with Gasteiger partial charge in [0.1, 0.15) is 6.61 Å². The Balaban J connectivity index is 0.000000705. The molecule has 0 aromatic heterocycles. The molecule has 25 heavy (non-hydrogen) atoms. The number of aryl methyl sites for hydroxylation is 1. The fourth-order valence-electron chi connectivity index (χ4n) is 2.52. The van der Waals surface area contributed by atoms with Crippen LogP contribution in [0.2, 0.25) is 0 Å². The van der Waals surface area contributed by atoms with E-state index in [9.17, 15) is 9.59 Å². The minimum absolute atomic E-state index is 0.0837. The third kappa shape index (κ3) is 5.84. The van der Waals surface area contributed by atoms with Gasteiger partial charge < -0.3 is 25.8 Å². The number of hydrogen-bond donors (Lipinski definition) is 3. The number of carboxylic acid groups (broad SMARTS) is 1. The number of hydrogen-bond acceptors (Lipinski definition) is 5. The maximum Gasteiger partial charge on any atom is 0.300 e. The lowest BCUT2D eigenvalue weighted by atomic mass is 9.94. The van der Waals surface area contributed by atoms with Crippen molar-refractivity contribution in [1.82, 2.24) is 10.2 Å². The Hall–Kier alpha value is -2.45. The molecular formula is C17H25N3O5. The molecule has 8 heteroatoms. The second-order valence-electron chi connectivity index (χ2n) is 5.64. The van der Waals surface area contributed by atoms with Crippen LogP contribution in [-0.4, -0.2) is 60.6 Å². The highest BCUT2D eigenvalue weighted by Crippen LogP contribution is 2.31. The first-order valence-electron chi connectivity index (χ1n) is 7.89. The van der Waals surface area contributed by atoms with Gasteiger partial charge in [-0.15, -0.1) is 0 Å². The summed E-state index contributed by atoms with van der Waals surface area (Å²) >= 11 is 0. The zero-order valence-electron chi connectivity index (χ0n) is 14.7. The normalized spacial score (nSPS) is 19.7. The first kappa shape index (κ1) is 20.6. The highest BCUT2D eigenvalue weighted by Gasteiger charge is 2.40. The van der Waals surface area contributed by atoms with Gasteiger partial charge in [-0.1, -0.05) is 24.3 Å². The van der Waals surface area contributed by atoms with Gasteiger partial charge in [-0.25, -0.2) is 0 Å². The molecule has 0 spiro atoms. The molecule has 0 saturated carbocycles. The molecule has 1 saturated heterocycles. The topological polar surface area (TPSA) is 122 Å². The summed E-state index contributed by atoms with van der Waals surface area (Å²) < 4.78 is 5.50. The van der Waals surface area contributed by atoms with Crippen molar-refractivity contribution >= 4 is 17.8 Å². The number of likely N-dealkylation sites (N-methyl/N-ethyl adjacent to an activating group) is 1. The van der Waals surface area contributed by atoms with Crippen molar-refractivity contribution in [3.8, 4) is 0 Å². The minimum Gasteiger partial charge on any atom is -0.481 e. The summed E-state index contributed by atoms with van der Waals surface area (Å²) in [5.74, 6) is -1.21. The summed E-state index contributed by atoms with van der Waals surface area (Å²) in [5.41, 5.74) is 7.34. The van der Waals surface area contributed by atoms with Crippen LogP contribution in [0.1, 0.15) is 24.1 Å². The summed E-state index contributed by atoms with van der Waals surface area (Å²) in [6, 6.07) is 7.27. The van der Waals surface area contributed by atoms with E-state index < -0.39 is 18.1 Å². The van der Waals surface area contributed by atoms with Crippen molar-refractivity contribution < 1.29 is 24.2 Å². The number of nitrogens with one attached hydrogen (secondary N) is 1. The number of carbonyl (C=O) groups excluding carboxylic acids is 2. The van der Waals surface area contributed by atoms with E-state index in [0.29, 0.717) is 13.1 Å². The number of carbonyl (C=O) groups is 3. The Bertz CT molecular complexity index is 616. The molecule has 1 aliphatic rings. The molecule has 1 heterocycles. The fraction of sp³-hybridized carbons (Fsp3) is 0.471. The number of benzene rings is 1. The first-order chi connectivity index (χ1) is 11.8. The Kier molecular flexibility index (Phi) is 8.03. The van der Waals surface area contributed by atoms with Crippen LogP contribution in [0.3, 0.4) is 0 Å². The Morgan fingerprint density at radius 3 is 2.56 bits per heavy atom. The largest absolute Gasteiger partial charge is 0.481 e. The molecular weight excluding hydrogens is 326 g/mol. The molecule has 1 aromatic carbocycles. The van der Waals surface area contributed by atoms with E-state index in [-0.39, 0.29) is 18.4 Å².